The van der Waals surface area contributed by atoms with E-state index in [1.165, 1.54) is 0 Å². The number of hydrogen-bond donors (Lipinski definition) is 0. The van der Waals surface area contributed by atoms with Gasteiger partial charge >= 0.3 is 0 Å². The van der Waals surface area contributed by atoms with Gasteiger partial charge in [-0.25, -0.2) is 0 Å². The number of allylic oxidation sites excluding steroid dienone is 2. The van der Waals surface area contributed by atoms with Gasteiger partial charge in [-0.15, -0.1) is 0 Å². The molecule has 0 unspecified atom stereocenters. The van der Waals surface area contributed by atoms with Gasteiger partial charge in [0.05, 0.1) is 0 Å². The maximum Gasteiger partial charge on any atom is 0.152 e. The molecule has 0 radical (unpaired) electrons. The topological polar surface area (TPSA) is 17.1 Å². The molecule has 0 aromatic carbocycles. The predicted molar refractivity (Wildman–Crippen MR) is 34.7 cm³/mol. The smallest absolute Gasteiger partial charge is 0.152 e. The Bertz CT molecular complexity index is 92.6. The van der Waals surface area contributed by atoms with Gasteiger partial charge in [-0.2, -0.15) is 0 Å². The Hall–Kier alpha value is -0.590. The van der Waals surface area contributed by atoms with Crippen LogP contribution in [0.15, 0.2) is 12.2 Å². The van der Waals surface area contributed by atoms with Crippen LogP contribution in [0, 0.1) is 0 Å². The fraction of sp³-hybridized carbons (Fsp3) is 0.571. The van der Waals surface area contributed by atoms with Crippen molar-refractivity contribution in [1.82, 2.24) is 0 Å². The van der Waals surface area contributed by atoms with E-state index in [0.717, 1.165) is 12.8 Å². The zero-order chi connectivity index (χ0) is 6.41. The summed E-state index contributed by atoms with van der Waals surface area (Å²) in [5, 5.41) is 0. The summed E-state index contributed by atoms with van der Waals surface area (Å²) >= 11 is 0. The second-order valence-corrected chi connectivity index (χ2v) is 1.80. The molecular weight excluding hydrogens is 100 g/mol. The van der Waals surface area contributed by atoms with Crippen LogP contribution in [0.2, 0.25) is 0 Å². The van der Waals surface area contributed by atoms with Crippen LogP contribution in [0.1, 0.15) is 26.7 Å². The van der Waals surface area contributed by atoms with Crippen LogP contribution in [-0.4, -0.2) is 5.78 Å². The van der Waals surface area contributed by atoms with Crippen LogP contribution in [0.5, 0.6) is 0 Å². The molecule has 0 spiro atoms. The van der Waals surface area contributed by atoms with Crippen molar-refractivity contribution in [3.63, 3.8) is 0 Å². The normalized spacial score (nSPS) is 10.2. The van der Waals surface area contributed by atoms with Gasteiger partial charge in [-0.3, -0.25) is 4.79 Å². The van der Waals surface area contributed by atoms with Crippen LogP contribution in [0.25, 0.3) is 0 Å². The lowest BCUT2D eigenvalue weighted by Gasteiger charge is -1.79. The summed E-state index contributed by atoms with van der Waals surface area (Å²) in [6.07, 6.45) is 5.65. The molecule has 1 nitrogen and oxygen atoms in total. The zero-order valence-corrected chi connectivity index (χ0v) is 5.48. The van der Waals surface area contributed by atoms with Crippen molar-refractivity contribution in [3.8, 4) is 0 Å². The first-order chi connectivity index (χ1) is 3.77. The largest absolute Gasteiger partial charge is 0.295 e. The van der Waals surface area contributed by atoms with Gasteiger partial charge in [0.25, 0.3) is 0 Å². The van der Waals surface area contributed by atoms with Gasteiger partial charge in [0, 0.05) is 0 Å². The van der Waals surface area contributed by atoms with Gasteiger partial charge < -0.3 is 0 Å². The Balaban J connectivity index is 3.20. The Morgan fingerprint density at radius 1 is 1.62 bits per heavy atom. The predicted octanol–water partition coefficient (Wildman–Crippen LogP) is 1.93. The van der Waals surface area contributed by atoms with Crippen molar-refractivity contribution in [2.45, 2.75) is 26.7 Å². The summed E-state index contributed by atoms with van der Waals surface area (Å²) in [5.74, 6) is 0.137. The van der Waals surface area contributed by atoms with Crippen molar-refractivity contribution in [3.05, 3.63) is 12.2 Å². The van der Waals surface area contributed by atoms with Crippen molar-refractivity contribution in [2.75, 3.05) is 0 Å². The highest BCUT2D eigenvalue weighted by Gasteiger charge is 1.78. The summed E-state index contributed by atoms with van der Waals surface area (Å²) in [4.78, 5) is 10.2. The van der Waals surface area contributed by atoms with E-state index in [-0.39, 0.29) is 5.78 Å². The van der Waals surface area contributed by atoms with Crippen LogP contribution in [0.4, 0.5) is 0 Å². The molecule has 0 aliphatic rings. The van der Waals surface area contributed by atoms with Crippen LogP contribution in [0.3, 0.4) is 0 Å². The Labute approximate surface area is 50.4 Å². The van der Waals surface area contributed by atoms with Crippen LogP contribution in [-0.2, 0) is 4.79 Å². The molecular formula is C7H12O. The van der Waals surface area contributed by atoms with Crippen molar-refractivity contribution in [2.24, 2.45) is 0 Å². The fourth-order valence-electron chi connectivity index (χ4n) is 0.416. The molecule has 0 heterocycles. The molecule has 0 saturated carbocycles. The Kier molecular flexibility index (Phi) is 4.23. The van der Waals surface area contributed by atoms with Crippen molar-refractivity contribution >= 4 is 5.78 Å². The highest BCUT2D eigenvalue weighted by Crippen LogP contribution is 1.87. The number of carbonyl (C=O) groups is 1. The second kappa shape index (κ2) is 4.57. The molecule has 0 fully saturated rings. The molecule has 1 heteroatoms. The van der Waals surface area contributed by atoms with E-state index in [1.807, 2.05) is 6.08 Å². The number of hydrogen-bond acceptors (Lipinski definition) is 1. The van der Waals surface area contributed by atoms with E-state index in [9.17, 15) is 4.79 Å². The number of rotatable bonds is 3. The number of ketones is 1. The number of carbonyl (C=O) groups excluding carboxylic acids is 1. The first kappa shape index (κ1) is 7.41. The van der Waals surface area contributed by atoms with E-state index >= 15 is 0 Å². The monoisotopic (exact) mass is 112 g/mol. The summed E-state index contributed by atoms with van der Waals surface area (Å²) in [7, 11) is 0. The van der Waals surface area contributed by atoms with Crippen LogP contribution < -0.4 is 0 Å². The van der Waals surface area contributed by atoms with Gasteiger partial charge in [0.2, 0.25) is 0 Å². The average molecular weight is 112 g/mol. The van der Waals surface area contributed by atoms with Gasteiger partial charge in [0.15, 0.2) is 5.78 Å². The van der Waals surface area contributed by atoms with E-state index in [4.69, 9.17) is 0 Å². The standard InChI is InChI=1S/C7H12O/c1-3-4-5-6-7(2)8/h5-6H,3-4H2,1-2H3. The summed E-state index contributed by atoms with van der Waals surface area (Å²) in [6.45, 7) is 3.65. The van der Waals surface area contributed by atoms with E-state index in [0.29, 0.717) is 0 Å². The molecule has 0 N–H and O–H groups in total. The highest BCUT2D eigenvalue weighted by atomic mass is 16.1. The van der Waals surface area contributed by atoms with E-state index < -0.39 is 0 Å². The lowest BCUT2D eigenvalue weighted by atomic mass is 10.3. The summed E-state index contributed by atoms with van der Waals surface area (Å²) in [5.41, 5.74) is 0. The molecule has 0 atom stereocenters. The van der Waals surface area contributed by atoms with Crippen LogP contribution >= 0.6 is 0 Å². The van der Waals surface area contributed by atoms with E-state index in [2.05, 4.69) is 6.92 Å². The Morgan fingerprint density at radius 2 is 2.25 bits per heavy atom. The third-order valence-electron chi connectivity index (χ3n) is 0.808. The lowest BCUT2D eigenvalue weighted by molar-refractivity contribution is -0.112. The van der Waals surface area contributed by atoms with Gasteiger partial charge in [-0.1, -0.05) is 19.4 Å². The maximum absolute atomic E-state index is 10.2. The minimum absolute atomic E-state index is 0.137. The molecule has 0 amide bonds. The fourth-order valence-corrected chi connectivity index (χ4v) is 0.416. The van der Waals surface area contributed by atoms with Crippen molar-refractivity contribution < 1.29 is 4.79 Å². The molecule has 0 aromatic rings. The first-order valence-electron chi connectivity index (χ1n) is 2.94. The van der Waals surface area contributed by atoms with Gasteiger partial charge in [-0.05, 0) is 19.4 Å². The minimum Gasteiger partial charge on any atom is -0.295 e. The highest BCUT2D eigenvalue weighted by molar-refractivity contribution is 5.87. The SMILES string of the molecule is CCCC=CC(C)=O. The summed E-state index contributed by atoms with van der Waals surface area (Å²) in [6, 6.07) is 0. The maximum atomic E-state index is 10.2. The van der Waals surface area contributed by atoms with E-state index in [1.54, 1.807) is 13.0 Å². The molecule has 0 bridgehead atoms. The number of unbranched alkanes of at least 4 members (excludes halogenated alkanes) is 1. The Morgan fingerprint density at radius 3 is 2.62 bits per heavy atom. The third kappa shape index (κ3) is 5.41. The van der Waals surface area contributed by atoms with Gasteiger partial charge in [0.1, 0.15) is 0 Å². The molecule has 46 valence electrons. The second-order valence-electron chi connectivity index (χ2n) is 1.80. The molecule has 0 rings (SSSR count). The minimum atomic E-state index is 0.137. The first-order valence-corrected chi connectivity index (χ1v) is 2.94. The average Bonchev–Trinajstić information content (AvgIpc) is 1.66. The molecule has 0 saturated heterocycles. The zero-order valence-electron chi connectivity index (χ0n) is 5.48. The van der Waals surface area contributed by atoms with Crippen molar-refractivity contribution in [1.29, 1.82) is 0 Å². The molecule has 0 aliphatic carbocycles. The lowest BCUT2D eigenvalue weighted by Crippen LogP contribution is -1.78. The molecule has 0 aliphatic heterocycles. The molecule has 0 aromatic heterocycles. The quantitative estimate of drug-likeness (QED) is 0.510. The third-order valence-corrected chi connectivity index (χ3v) is 0.808. The summed E-state index contributed by atoms with van der Waals surface area (Å²) < 4.78 is 0. The molecule has 8 heavy (non-hydrogen) atoms.